The number of esters is 1. The van der Waals surface area contributed by atoms with E-state index in [9.17, 15) is 4.79 Å². The summed E-state index contributed by atoms with van der Waals surface area (Å²) in [4.78, 5) is 16.0. The van der Waals surface area contributed by atoms with Gasteiger partial charge in [0.15, 0.2) is 0 Å². The zero-order valence-corrected chi connectivity index (χ0v) is 10.5. The van der Waals surface area contributed by atoms with E-state index >= 15 is 0 Å². The average molecular weight is 241 g/mol. The van der Waals surface area contributed by atoms with Gasteiger partial charge in [0.05, 0.1) is 0 Å². The van der Waals surface area contributed by atoms with Crippen LogP contribution in [0.25, 0.3) is 0 Å². The van der Waals surface area contributed by atoms with E-state index in [1.165, 1.54) is 0 Å². The largest absolute Gasteiger partial charge is 0.456 e. The van der Waals surface area contributed by atoms with E-state index in [0.717, 1.165) is 16.8 Å². The van der Waals surface area contributed by atoms with Crippen molar-refractivity contribution in [3.63, 3.8) is 0 Å². The van der Waals surface area contributed by atoms with Gasteiger partial charge in [0, 0.05) is 5.69 Å². The van der Waals surface area contributed by atoms with E-state index in [-0.39, 0.29) is 12.6 Å². The molecule has 0 aliphatic rings. The summed E-state index contributed by atoms with van der Waals surface area (Å²) in [5, 5.41) is 0. The highest BCUT2D eigenvalue weighted by molar-refractivity contribution is 5.87. The van der Waals surface area contributed by atoms with E-state index in [4.69, 9.17) is 4.74 Å². The highest BCUT2D eigenvalue weighted by Crippen LogP contribution is 2.08. The smallest absolute Gasteiger partial charge is 0.357 e. The van der Waals surface area contributed by atoms with Crippen molar-refractivity contribution in [1.82, 2.24) is 4.98 Å². The number of benzene rings is 1. The molecule has 92 valence electrons. The summed E-state index contributed by atoms with van der Waals surface area (Å²) in [6.45, 7) is 4.07. The molecule has 0 aliphatic carbocycles. The summed E-state index contributed by atoms with van der Waals surface area (Å²) in [6, 6.07) is 13.3. The van der Waals surface area contributed by atoms with Crippen LogP contribution in [0.15, 0.2) is 42.5 Å². The number of aromatic nitrogens is 1. The Morgan fingerprint density at radius 2 is 1.89 bits per heavy atom. The van der Waals surface area contributed by atoms with Gasteiger partial charge in [-0.2, -0.15) is 0 Å². The number of pyridine rings is 1. The van der Waals surface area contributed by atoms with Crippen molar-refractivity contribution in [3.05, 3.63) is 65.0 Å². The fraction of sp³-hybridized carbons (Fsp3) is 0.200. The number of rotatable bonds is 3. The van der Waals surface area contributed by atoms with Crippen LogP contribution in [0.3, 0.4) is 0 Å². The van der Waals surface area contributed by atoms with Gasteiger partial charge in [-0.3, -0.25) is 0 Å². The molecule has 0 unspecified atom stereocenters. The zero-order chi connectivity index (χ0) is 13.0. The average Bonchev–Trinajstić information content (AvgIpc) is 2.36. The first-order chi connectivity index (χ1) is 8.65. The maximum absolute atomic E-state index is 11.8. The third-order valence-corrected chi connectivity index (χ3v) is 2.52. The van der Waals surface area contributed by atoms with Gasteiger partial charge >= 0.3 is 5.97 Å². The highest BCUT2D eigenvalue weighted by atomic mass is 16.5. The van der Waals surface area contributed by atoms with Crippen molar-refractivity contribution in [3.8, 4) is 0 Å². The minimum Gasteiger partial charge on any atom is -0.456 e. The summed E-state index contributed by atoms with van der Waals surface area (Å²) >= 11 is 0. The van der Waals surface area contributed by atoms with Crippen LogP contribution in [-0.4, -0.2) is 11.0 Å². The number of carbonyl (C=O) groups is 1. The van der Waals surface area contributed by atoms with Crippen molar-refractivity contribution in [2.45, 2.75) is 20.5 Å². The molecule has 0 saturated carbocycles. The van der Waals surface area contributed by atoms with Crippen LogP contribution in [0.1, 0.15) is 27.3 Å². The molecule has 0 N–H and O–H groups in total. The van der Waals surface area contributed by atoms with Gasteiger partial charge in [-0.1, -0.05) is 30.3 Å². The van der Waals surface area contributed by atoms with Crippen LogP contribution in [0, 0.1) is 13.8 Å². The van der Waals surface area contributed by atoms with Gasteiger partial charge in [0.2, 0.25) is 0 Å². The van der Waals surface area contributed by atoms with E-state index < -0.39 is 0 Å². The van der Waals surface area contributed by atoms with Gasteiger partial charge in [0.25, 0.3) is 0 Å². The first kappa shape index (κ1) is 12.3. The second kappa shape index (κ2) is 5.45. The predicted molar refractivity (Wildman–Crippen MR) is 69.3 cm³/mol. The summed E-state index contributed by atoms with van der Waals surface area (Å²) in [6.07, 6.45) is 0. The zero-order valence-electron chi connectivity index (χ0n) is 10.5. The Balaban J connectivity index is 2.04. The monoisotopic (exact) mass is 241 g/mol. The Labute approximate surface area is 106 Å². The number of aryl methyl sites for hydroxylation is 2. The molecule has 1 aromatic carbocycles. The molecule has 0 aliphatic heterocycles. The van der Waals surface area contributed by atoms with Crippen LogP contribution in [-0.2, 0) is 11.3 Å². The lowest BCUT2D eigenvalue weighted by Gasteiger charge is -2.05. The number of hydrogen-bond acceptors (Lipinski definition) is 3. The maximum Gasteiger partial charge on any atom is 0.357 e. The summed E-state index contributed by atoms with van der Waals surface area (Å²) < 4.78 is 5.22. The minimum atomic E-state index is -0.384. The van der Waals surface area contributed by atoms with E-state index in [1.807, 2.05) is 50.2 Å². The lowest BCUT2D eigenvalue weighted by Crippen LogP contribution is -2.08. The molecule has 18 heavy (non-hydrogen) atoms. The van der Waals surface area contributed by atoms with E-state index in [1.54, 1.807) is 6.07 Å². The fourth-order valence-corrected chi connectivity index (χ4v) is 1.74. The number of nitrogens with zero attached hydrogens (tertiary/aromatic N) is 1. The third-order valence-electron chi connectivity index (χ3n) is 2.52. The molecule has 0 amide bonds. The molecule has 0 saturated heterocycles. The second-order valence-corrected chi connectivity index (χ2v) is 4.23. The van der Waals surface area contributed by atoms with Gasteiger partial charge in [-0.05, 0) is 37.1 Å². The first-order valence-corrected chi connectivity index (χ1v) is 5.81. The molecule has 3 heteroatoms. The molecule has 3 nitrogen and oxygen atoms in total. The van der Waals surface area contributed by atoms with Crippen molar-refractivity contribution in [2.24, 2.45) is 0 Å². The molecular formula is C15H15NO2. The molecule has 0 bridgehead atoms. The van der Waals surface area contributed by atoms with Gasteiger partial charge in [-0.25, -0.2) is 9.78 Å². The molecule has 0 atom stereocenters. The number of ether oxygens (including phenoxy) is 1. The number of carbonyl (C=O) groups excluding carboxylic acids is 1. The lowest BCUT2D eigenvalue weighted by molar-refractivity contribution is 0.0465. The normalized spacial score (nSPS) is 10.1. The summed E-state index contributed by atoms with van der Waals surface area (Å²) in [7, 11) is 0. The lowest BCUT2D eigenvalue weighted by atomic mass is 10.2. The topological polar surface area (TPSA) is 39.2 Å². The van der Waals surface area contributed by atoms with Crippen molar-refractivity contribution in [1.29, 1.82) is 0 Å². The molecular weight excluding hydrogens is 226 g/mol. The maximum atomic E-state index is 11.8. The predicted octanol–water partition coefficient (Wildman–Crippen LogP) is 3.06. The quantitative estimate of drug-likeness (QED) is 0.775. The molecule has 1 heterocycles. The summed E-state index contributed by atoms with van der Waals surface area (Å²) in [5.74, 6) is -0.384. The fourth-order valence-electron chi connectivity index (χ4n) is 1.74. The van der Waals surface area contributed by atoms with Crippen molar-refractivity contribution >= 4 is 5.97 Å². The minimum absolute atomic E-state index is 0.272. The molecule has 2 rings (SSSR count). The molecule has 0 radical (unpaired) electrons. The standard InChI is InChI=1S/C15H15NO2/c1-11-8-12(2)16-14(9-11)15(17)18-10-13-6-4-3-5-7-13/h3-9H,10H2,1-2H3. The molecule has 0 fully saturated rings. The van der Waals surface area contributed by atoms with Gasteiger partial charge in [0.1, 0.15) is 12.3 Å². The Hall–Kier alpha value is -2.16. The van der Waals surface area contributed by atoms with E-state index in [0.29, 0.717) is 5.69 Å². The molecule has 0 spiro atoms. The molecule has 2 aromatic rings. The van der Waals surface area contributed by atoms with Gasteiger partial charge < -0.3 is 4.74 Å². The van der Waals surface area contributed by atoms with E-state index in [2.05, 4.69) is 4.98 Å². The van der Waals surface area contributed by atoms with Gasteiger partial charge in [-0.15, -0.1) is 0 Å². The second-order valence-electron chi connectivity index (χ2n) is 4.23. The summed E-state index contributed by atoms with van der Waals surface area (Å²) in [5.41, 5.74) is 3.16. The van der Waals surface area contributed by atoms with Crippen molar-refractivity contribution in [2.75, 3.05) is 0 Å². The highest BCUT2D eigenvalue weighted by Gasteiger charge is 2.10. The Morgan fingerprint density at radius 1 is 1.17 bits per heavy atom. The van der Waals surface area contributed by atoms with Crippen LogP contribution in [0.2, 0.25) is 0 Å². The number of hydrogen-bond donors (Lipinski definition) is 0. The first-order valence-electron chi connectivity index (χ1n) is 5.81. The third kappa shape index (κ3) is 3.17. The Bertz CT molecular complexity index is 529. The van der Waals surface area contributed by atoms with Crippen LogP contribution >= 0.6 is 0 Å². The van der Waals surface area contributed by atoms with Crippen LogP contribution in [0.5, 0.6) is 0 Å². The molecule has 1 aromatic heterocycles. The Morgan fingerprint density at radius 3 is 2.56 bits per heavy atom. The SMILES string of the molecule is Cc1cc(C)nc(C(=O)OCc2ccccc2)c1. The Kier molecular flexibility index (Phi) is 3.72. The van der Waals surface area contributed by atoms with Crippen LogP contribution < -0.4 is 0 Å². The van der Waals surface area contributed by atoms with Crippen LogP contribution in [0.4, 0.5) is 0 Å². The van der Waals surface area contributed by atoms with Crippen molar-refractivity contribution < 1.29 is 9.53 Å².